The van der Waals surface area contributed by atoms with E-state index in [-0.39, 0.29) is 17.4 Å². The second-order valence-electron chi connectivity index (χ2n) is 5.14. The van der Waals surface area contributed by atoms with Gasteiger partial charge in [0.05, 0.1) is 0 Å². The van der Waals surface area contributed by atoms with Crippen molar-refractivity contribution in [2.75, 3.05) is 0 Å². The highest BCUT2D eigenvalue weighted by Crippen LogP contribution is 2.36. The number of hydrogen-bond acceptors (Lipinski definition) is 1. The second kappa shape index (κ2) is 4.94. The summed E-state index contributed by atoms with van der Waals surface area (Å²) in [6, 6.07) is 6.20. The number of aryl methyl sites for hydroxylation is 1. The Morgan fingerprint density at radius 2 is 2.20 bits per heavy atom. The molecule has 1 atom stereocenters. The first-order chi connectivity index (χ1) is 9.52. The van der Waals surface area contributed by atoms with Crippen molar-refractivity contribution in [3.05, 3.63) is 57.6 Å². The maximum absolute atomic E-state index is 13.3. The number of nitrogens with one attached hydrogen (secondary N) is 1. The normalized spacial score (nSPS) is 17.2. The molecule has 0 amide bonds. The topological polar surface area (TPSA) is 53.1 Å². The molecule has 2 N–H and O–H groups in total. The zero-order valence-electron chi connectivity index (χ0n) is 10.6. The molecule has 1 aliphatic carbocycles. The standard InChI is InChI=1S/C15H13ClFNO2/c16-11-4-8(5-12(17)7-11)3-9-1-2-10-6-13(15(19)20)18-14(9)10/h4-7,9,18H,1-3H2,(H,19,20). The smallest absolute Gasteiger partial charge is 0.352 e. The highest BCUT2D eigenvalue weighted by molar-refractivity contribution is 6.30. The van der Waals surface area contributed by atoms with Crippen LogP contribution in [-0.2, 0) is 12.8 Å². The summed E-state index contributed by atoms with van der Waals surface area (Å²) in [5.41, 5.74) is 3.06. The monoisotopic (exact) mass is 293 g/mol. The van der Waals surface area contributed by atoms with Crippen LogP contribution in [0.15, 0.2) is 24.3 Å². The van der Waals surface area contributed by atoms with Crippen molar-refractivity contribution in [3.63, 3.8) is 0 Å². The molecule has 3 rings (SSSR count). The summed E-state index contributed by atoms with van der Waals surface area (Å²) in [7, 11) is 0. The average Bonchev–Trinajstić information content (AvgIpc) is 2.90. The highest BCUT2D eigenvalue weighted by Gasteiger charge is 2.26. The summed E-state index contributed by atoms with van der Waals surface area (Å²) in [4.78, 5) is 13.9. The molecule has 1 aromatic carbocycles. The van der Waals surface area contributed by atoms with Gasteiger partial charge in [-0.3, -0.25) is 0 Å². The van der Waals surface area contributed by atoms with Crippen molar-refractivity contribution >= 4 is 17.6 Å². The minimum absolute atomic E-state index is 0.191. The van der Waals surface area contributed by atoms with Crippen molar-refractivity contribution in [2.45, 2.75) is 25.2 Å². The van der Waals surface area contributed by atoms with Crippen LogP contribution in [0.5, 0.6) is 0 Å². The SMILES string of the molecule is O=C(O)c1cc2c([nH]1)C(Cc1cc(F)cc(Cl)c1)CC2. The van der Waals surface area contributed by atoms with Crippen LogP contribution in [0, 0.1) is 5.82 Å². The molecule has 0 bridgehead atoms. The highest BCUT2D eigenvalue weighted by atomic mass is 35.5. The Balaban J connectivity index is 1.85. The largest absolute Gasteiger partial charge is 0.477 e. The minimum Gasteiger partial charge on any atom is -0.477 e. The van der Waals surface area contributed by atoms with Gasteiger partial charge in [0.15, 0.2) is 0 Å². The maximum atomic E-state index is 13.3. The van der Waals surface area contributed by atoms with Gasteiger partial charge in [0, 0.05) is 16.6 Å². The number of carboxylic acids is 1. The molecule has 0 saturated carbocycles. The summed E-state index contributed by atoms with van der Waals surface area (Å²) in [6.07, 6.45) is 2.45. The van der Waals surface area contributed by atoms with Crippen molar-refractivity contribution in [2.24, 2.45) is 0 Å². The van der Waals surface area contributed by atoms with Gasteiger partial charge in [-0.15, -0.1) is 0 Å². The third kappa shape index (κ3) is 2.43. The molecule has 0 saturated heterocycles. The van der Waals surface area contributed by atoms with E-state index in [1.54, 1.807) is 12.1 Å². The van der Waals surface area contributed by atoms with Gasteiger partial charge in [-0.2, -0.15) is 0 Å². The fourth-order valence-corrected chi connectivity index (χ4v) is 3.14. The zero-order chi connectivity index (χ0) is 14.3. The first-order valence-corrected chi connectivity index (χ1v) is 6.81. The van der Waals surface area contributed by atoms with E-state index in [4.69, 9.17) is 16.7 Å². The molecule has 1 aliphatic rings. The molecule has 20 heavy (non-hydrogen) atoms. The lowest BCUT2D eigenvalue weighted by Gasteiger charge is -2.11. The molecular weight excluding hydrogens is 281 g/mol. The van der Waals surface area contributed by atoms with Crippen LogP contribution < -0.4 is 0 Å². The molecule has 1 heterocycles. The van der Waals surface area contributed by atoms with Crippen LogP contribution in [0.1, 0.15) is 39.6 Å². The zero-order valence-corrected chi connectivity index (χ0v) is 11.4. The average molecular weight is 294 g/mol. The van der Waals surface area contributed by atoms with E-state index in [9.17, 15) is 9.18 Å². The number of aromatic amines is 1. The second-order valence-corrected chi connectivity index (χ2v) is 5.58. The van der Waals surface area contributed by atoms with Gasteiger partial charge in [0.25, 0.3) is 0 Å². The molecule has 0 radical (unpaired) electrons. The summed E-state index contributed by atoms with van der Waals surface area (Å²) in [6.45, 7) is 0. The van der Waals surface area contributed by atoms with Crippen LogP contribution in [0.25, 0.3) is 0 Å². The number of halogens is 2. The number of aromatic nitrogens is 1. The van der Waals surface area contributed by atoms with Gasteiger partial charge in [0.1, 0.15) is 11.5 Å². The van der Waals surface area contributed by atoms with E-state index in [1.165, 1.54) is 12.1 Å². The fourth-order valence-electron chi connectivity index (χ4n) is 2.89. The van der Waals surface area contributed by atoms with E-state index < -0.39 is 5.97 Å². The first-order valence-electron chi connectivity index (χ1n) is 6.43. The number of aromatic carboxylic acids is 1. The number of rotatable bonds is 3. The minimum atomic E-state index is -0.952. The Labute approximate surface area is 120 Å². The number of carboxylic acid groups (broad SMARTS) is 1. The molecular formula is C15H13ClFNO2. The van der Waals surface area contributed by atoms with Crippen molar-refractivity contribution < 1.29 is 14.3 Å². The van der Waals surface area contributed by atoms with Gasteiger partial charge in [0.2, 0.25) is 0 Å². The van der Waals surface area contributed by atoms with Crippen molar-refractivity contribution in [3.8, 4) is 0 Å². The van der Waals surface area contributed by atoms with E-state index in [2.05, 4.69) is 4.98 Å². The van der Waals surface area contributed by atoms with Crippen molar-refractivity contribution in [1.29, 1.82) is 0 Å². The molecule has 0 aliphatic heterocycles. The number of fused-ring (bicyclic) bond motifs is 1. The van der Waals surface area contributed by atoms with Gasteiger partial charge in [-0.25, -0.2) is 9.18 Å². The van der Waals surface area contributed by atoms with Gasteiger partial charge < -0.3 is 10.1 Å². The van der Waals surface area contributed by atoms with Gasteiger partial charge >= 0.3 is 5.97 Å². The number of benzene rings is 1. The molecule has 1 unspecified atom stereocenters. The van der Waals surface area contributed by atoms with Gasteiger partial charge in [-0.1, -0.05) is 11.6 Å². The molecule has 5 heteroatoms. The lowest BCUT2D eigenvalue weighted by Crippen LogP contribution is -2.03. The maximum Gasteiger partial charge on any atom is 0.352 e. The Bertz CT molecular complexity index is 660. The predicted molar refractivity (Wildman–Crippen MR) is 73.9 cm³/mol. The summed E-state index contributed by atoms with van der Waals surface area (Å²) >= 11 is 5.86. The molecule has 104 valence electrons. The quantitative estimate of drug-likeness (QED) is 0.905. The van der Waals surface area contributed by atoms with Crippen molar-refractivity contribution in [1.82, 2.24) is 4.98 Å². The van der Waals surface area contributed by atoms with Crippen LogP contribution >= 0.6 is 11.6 Å². The summed E-state index contributed by atoms with van der Waals surface area (Å²) in [5, 5.41) is 9.38. The number of carbonyl (C=O) groups is 1. The number of H-pyrrole nitrogens is 1. The van der Waals surface area contributed by atoms with E-state index in [0.29, 0.717) is 11.4 Å². The van der Waals surface area contributed by atoms with E-state index in [0.717, 1.165) is 29.7 Å². The third-order valence-electron chi connectivity index (χ3n) is 3.74. The summed E-state index contributed by atoms with van der Waals surface area (Å²) in [5.74, 6) is -1.11. The van der Waals surface area contributed by atoms with Crippen LogP contribution in [0.2, 0.25) is 5.02 Å². The third-order valence-corrected chi connectivity index (χ3v) is 3.96. The Hall–Kier alpha value is -1.81. The lowest BCUT2D eigenvalue weighted by molar-refractivity contribution is 0.0691. The van der Waals surface area contributed by atoms with Crippen LogP contribution in [0.4, 0.5) is 4.39 Å². The molecule has 0 fully saturated rings. The molecule has 0 spiro atoms. The van der Waals surface area contributed by atoms with E-state index >= 15 is 0 Å². The van der Waals surface area contributed by atoms with Gasteiger partial charge in [-0.05, 0) is 54.7 Å². The number of hydrogen-bond donors (Lipinski definition) is 2. The Kier molecular flexibility index (Phi) is 3.26. The molecule has 1 aromatic heterocycles. The van der Waals surface area contributed by atoms with E-state index in [1.807, 2.05) is 0 Å². The predicted octanol–water partition coefficient (Wildman–Crippen LogP) is 3.78. The fraction of sp³-hybridized carbons (Fsp3) is 0.267. The molecule has 2 aromatic rings. The summed E-state index contributed by atoms with van der Waals surface area (Å²) < 4.78 is 13.3. The lowest BCUT2D eigenvalue weighted by atomic mass is 9.97. The molecule has 3 nitrogen and oxygen atoms in total. The Morgan fingerprint density at radius 3 is 2.90 bits per heavy atom. The Morgan fingerprint density at radius 1 is 1.40 bits per heavy atom. The first kappa shape index (κ1) is 13.2. The van der Waals surface area contributed by atoms with Crippen LogP contribution in [-0.4, -0.2) is 16.1 Å². The van der Waals surface area contributed by atoms with Crippen LogP contribution in [0.3, 0.4) is 0 Å².